The van der Waals surface area contributed by atoms with E-state index in [-0.39, 0.29) is 5.41 Å². The van der Waals surface area contributed by atoms with Crippen LogP contribution in [-0.4, -0.2) is 9.13 Å². The molecule has 2 heteroatoms. The molecule has 0 fully saturated rings. The first-order chi connectivity index (χ1) is 32.0. The number of hydrogen-bond donors (Lipinski definition) is 0. The van der Waals surface area contributed by atoms with E-state index in [1.165, 1.54) is 116 Å². The molecule has 13 rings (SSSR count). The van der Waals surface area contributed by atoms with Gasteiger partial charge in [0.05, 0.1) is 22.1 Å². The molecule has 0 spiro atoms. The molecule has 0 atom stereocenters. The fourth-order valence-electron chi connectivity index (χ4n) is 11.0. The Labute approximate surface area is 378 Å². The van der Waals surface area contributed by atoms with Gasteiger partial charge in [0, 0.05) is 38.3 Å². The van der Waals surface area contributed by atoms with Gasteiger partial charge in [0.2, 0.25) is 0 Å². The van der Waals surface area contributed by atoms with Crippen LogP contribution in [0.2, 0.25) is 0 Å². The van der Waals surface area contributed by atoms with Crippen LogP contribution in [0.4, 0.5) is 0 Å². The molecule has 2 nitrogen and oxygen atoms in total. The number of hydrogen-bond acceptors (Lipinski definition) is 0. The minimum Gasteiger partial charge on any atom is -0.309 e. The zero-order valence-electron chi connectivity index (χ0n) is 36.3. The molecular weight excluding hydrogens is 785 g/mol. The molecule has 1 aliphatic rings. The van der Waals surface area contributed by atoms with E-state index < -0.39 is 0 Å². The second kappa shape index (κ2) is 14.4. The summed E-state index contributed by atoms with van der Waals surface area (Å²) in [6.07, 6.45) is 0. The Bertz CT molecular complexity index is 3840. The first kappa shape index (κ1) is 37.4. The number of fused-ring (bicyclic) bond motifs is 9. The fourth-order valence-corrected chi connectivity index (χ4v) is 11.0. The van der Waals surface area contributed by atoms with Gasteiger partial charge in [-0.3, -0.25) is 0 Å². The lowest BCUT2D eigenvalue weighted by atomic mass is 9.82. The molecule has 65 heavy (non-hydrogen) atoms. The molecule has 0 saturated carbocycles. The van der Waals surface area contributed by atoms with Gasteiger partial charge in [-0.25, -0.2) is 0 Å². The van der Waals surface area contributed by atoms with Crippen LogP contribution < -0.4 is 0 Å². The van der Waals surface area contributed by atoms with Crippen LogP contribution >= 0.6 is 0 Å². The zero-order chi connectivity index (χ0) is 43.2. The van der Waals surface area contributed by atoms with Crippen molar-refractivity contribution in [3.05, 3.63) is 242 Å². The molecule has 306 valence electrons. The second-order valence-corrected chi connectivity index (χ2v) is 18.1. The number of benzene rings is 10. The third kappa shape index (κ3) is 5.81. The highest BCUT2D eigenvalue weighted by Gasteiger charge is 2.35. The van der Waals surface area contributed by atoms with Crippen molar-refractivity contribution in [2.75, 3.05) is 0 Å². The molecule has 2 heterocycles. The predicted octanol–water partition coefficient (Wildman–Crippen LogP) is 16.9. The monoisotopic (exact) mass is 828 g/mol. The van der Waals surface area contributed by atoms with E-state index in [0.29, 0.717) is 0 Å². The lowest BCUT2D eigenvalue weighted by Crippen LogP contribution is -2.15. The van der Waals surface area contributed by atoms with Crippen LogP contribution in [0.25, 0.3) is 111 Å². The first-order valence-corrected chi connectivity index (χ1v) is 22.7. The molecule has 2 aromatic heterocycles. The lowest BCUT2D eigenvalue weighted by Gasteiger charge is -2.22. The van der Waals surface area contributed by atoms with E-state index in [1.807, 2.05) is 0 Å². The molecule has 0 aliphatic heterocycles. The van der Waals surface area contributed by atoms with Gasteiger partial charge in [0.1, 0.15) is 0 Å². The Hall–Kier alpha value is -8.20. The topological polar surface area (TPSA) is 9.86 Å². The van der Waals surface area contributed by atoms with Gasteiger partial charge in [-0.05, 0) is 133 Å². The Kier molecular flexibility index (Phi) is 8.29. The van der Waals surface area contributed by atoms with Crippen molar-refractivity contribution in [1.82, 2.24) is 9.13 Å². The van der Waals surface area contributed by atoms with E-state index in [9.17, 15) is 0 Å². The normalized spacial score (nSPS) is 12.9. The van der Waals surface area contributed by atoms with Gasteiger partial charge < -0.3 is 9.13 Å². The maximum Gasteiger partial charge on any atom is 0.0547 e. The number of aromatic nitrogens is 2. The van der Waals surface area contributed by atoms with Crippen LogP contribution in [0, 0.1) is 0 Å². The van der Waals surface area contributed by atoms with Gasteiger partial charge in [0.25, 0.3) is 0 Å². The number of nitrogens with zero attached hydrogens (tertiary/aromatic N) is 2. The summed E-state index contributed by atoms with van der Waals surface area (Å²) < 4.78 is 4.92. The summed E-state index contributed by atoms with van der Waals surface area (Å²) in [5.41, 5.74) is 22.0. The smallest absolute Gasteiger partial charge is 0.0547 e. The molecule has 0 N–H and O–H groups in total. The van der Waals surface area contributed by atoms with Gasteiger partial charge in [-0.2, -0.15) is 0 Å². The van der Waals surface area contributed by atoms with Gasteiger partial charge in [-0.1, -0.05) is 178 Å². The van der Waals surface area contributed by atoms with Gasteiger partial charge in [-0.15, -0.1) is 0 Å². The molecule has 1 aliphatic carbocycles. The highest BCUT2D eigenvalue weighted by atomic mass is 15.0. The maximum atomic E-state index is 2.48. The van der Waals surface area contributed by atoms with Crippen molar-refractivity contribution in [1.29, 1.82) is 0 Å². The van der Waals surface area contributed by atoms with Crippen LogP contribution in [0.1, 0.15) is 25.0 Å². The fraction of sp³-hybridized carbons (Fsp3) is 0.0476. The molecule has 0 radical (unpaired) electrons. The van der Waals surface area contributed by atoms with Crippen LogP contribution in [0.5, 0.6) is 0 Å². The van der Waals surface area contributed by atoms with Crippen molar-refractivity contribution >= 4 is 43.6 Å². The largest absolute Gasteiger partial charge is 0.309 e. The molecular formula is C63H44N2. The molecule has 10 aromatic carbocycles. The summed E-state index contributed by atoms with van der Waals surface area (Å²) in [6.45, 7) is 4.73. The SMILES string of the molecule is CC1(C)c2ccccc2-c2ccc(-n3c4ccccc4c4c(-c5cc(-c6ccccc6)cc(-c6ccc7c8ccccc8n(-c8cccc(-c9ccccc9)c8)c7c6)c5)cccc43)cc21. The van der Waals surface area contributed by atoms with E-state index in [2.05, 4.69) is 254 Å². The highest BCUT2D eigenvalue weighted by Crippen LogP contribution is 2.50. The minimum absolute atomic E-state index is 0.0935. The standard InChI is InChI=1S/C63H44N2/c1-63(2)56-27-12-9-23-51(56)52-34-32-49(40-57(52)63)64-59-29-14-11-25-55(59)62-50(26-16-30-60(62)64)47-36-45(42-19-7-4-8-20-42)35-46(37-47)44-31-33-54-53-24-10-13-28-58(53)65(61(54)39-44)48-22-15-21-43(38-48)41-17-5-3-6-18-41/h3-40H,1-2H3. The van der Waals surface area contributed by atoms with E-state index >= 15 is 0 Å². The number of rotatable bonds is 6. The highest BCUT2D eigenvalue weighted by molar-refractivity contribution is 6.16. The summed E-state index contributed by atoms with van der Waals surface area (Å²) in [5, 5.41) is 5.00. The molecule has 0 amide bonds. The average molecular weight is 829 g/mol. The summed E-state index contributed by atoms with van der Waals surface area (Å²) in [4.78, 5) is 0. The van der Waals surface area contributed by atoms with Crippen LogP contribution in [-0.2, 0) is 5.41 Å². The molecule has 0 saturated heterocycles. The first-order valence-electron chi connectivity index (χ1n) is 22.7. The quantitative estimate of drug-likeness (QED) is 0.158. The molecule has 0 unspecified atom stereocenters. The summed E-state index contributed by atoms with van der Waals surface area (Å²) in [7, 11) is 0. The van der Waals surface area contributed by atoms with Crippen LogP contribution in [0.3, 0.4) is 0 Å². The predicted molar refractivity (Wildman–Crippen MR) is 274 cm³/mol. The number of para-hydroxylation sites is 2. The third-order valence-electron chi connectivity index (χ3n) is 14.1. The van der Waals surface area contributed by atoms with E-state index in [1.54, 1.807) is 0 Å². The van der Waals surface area contributed by atoms with Crippen molar-refractivity contribution in [3.8, 4) is 67.0 Å². The summed E-state index contributed by atoms with van der Waals surface area (Å²) in [6, 6.07) is 85.2. The van der Waals surface area contributed by atoms with Crippen molar-refractivity contribution < 1.29 is 0 Å². The van der Waals surface area contributed by atoms with Gasteiger partial charge >= 0.3 is 0 Å². The van der Waals surface area contributed by atoms with Crippen LogP contribution in [0.15, 0.2) is 231 Å². The Morgan fingerprint density at radius 1 is 0.277 bits per heavy atom. The van der Waals surface area contributed by atoms with E-state index in [4.69, 9.17) is 0 Å². The Morgan fingerprint density at radius 3 is 1.60 bits per heavy atom. The third-order valence-corrected chi connectivity index (χ3v) is 14.1. The maximum absolute atomic E-state index is 2.48. The van der Waals surface area contributed by atoms with Crippen molar-refractivity contribution in [3.63, 3.8) is 0 Å². The molecule has 0 bridgehead atoms. The summed E-state index contributed by atoms with van der Waals surface area (Å²) >= 11 is 0. The summed E-state index contributed by atoms with van der Waals surface area (Å²) in [5.74, 6) is 0. The van der Waals surface area contributed by atoms with Gasteiger partial charge in [0.15, 0.2) is 0 Å². The zero-order valence-corrected chi connectivity index (χ0v) is 36.3. The molecule has 12 aromatic rings. The van der Waals surface area contributed by atoms with Crippen molar-refractivity contribution in [2.24, 2.45) is 0 Å². The lowest BCUT2D eigenvalue weighted by molar-refractivity contribution is 0.660. The second-order valence-electron chi connectivity index (χ2n) is 18.1. The average Bonchev–Trinajstić information content (AvgIpc) is 3.97. The minimum atomic E-state index is -0.0935. The Balaban J connectivity index is 1.01. The van der Waals surface area contributed by atoms with Crippen molar-refractivity contribution in [2.45, 2.75) is 19.3 Å². The Morgan fingerprint density at radius 2 is 0.800 bits per heavy atom. The van der Waals surface area contributed by atoms with E-state index in [0.717, 1.165) is 5.69 Å².